The van der Waals surface area contributed by atoms with Crippen LogP contribution in [0, 0.1) is 0 Å². The van der Waals surface area contributed by atoms with Gasteiger partial charge in [0.2, 0.25) is 0 Å². The lowest BCUT2D eigenvalue weighted by molar-refractivity contribution is -0.139. The van der Waals surface area contributed by atoms with Crippen molar-refractivity contribution < 1.29 is 29.0 Å². The van der Waals surface area contributed by atoms with E-state index in [-0.39, 0.29) is 18.8 Å². The molecule has 0 aliphatic heterocycles. The molecular formula is C26H23NO6. The number of carboxylic acid groups (broad SMARTS) is 1. The number of hydrogen-bond acceptors (Lipinski definition) is 5. The molecule has 0 aliphatic rings. The van der Waals surface area contributed by atoms with E-state index < -0.39 is 17.9 Å². The summed E-state index contributed by atoms with van der Waals surface area (Å²) in [5.74, 6) is -1.08. The second kappa shape index (κ2) is 9.58. The number of aliphatic hydroxyl groups is 1. The van der Waals surface area contributed by atoms with Crippen molar-refractivity contribution in [3.8, 4) is 16.9 Å². The Morgan fingerprint density at radius 3 is 2.45 bits per heavy atom. The van der Waals surface area contributed by atoms with Gasteiger partial charge in [0.05, 0.1) is 13.7 Å². The number of furan rings is 1. The van der Waals surface area contributed by atoms with E-state index in [0.29, 0.717) is 16.7 Å². The standard InChI is InChI=1S/C26H23NO6/c1-32-21-9-10-23-20(13-21)14-24(33-23)25(29)27-22(26(30)31)12-16-5-7-18(8-6-16)19-4-2-3-17(11-19)15-28/h2-11,13-14,22,28H,12,15H2,1H3,(H,27,29)(H,30,31)/t22-/m0/s1. The Hall–Kier alpha value is -4.10. The van der Waals surface area contributed by atoms with Crippen LogP contribution in [0.5, 0.6) is 5.75 Å². The zero-order valence-corrected chi connectivity index (χ0v) is 17.9. The SMILES string of the molecule is COc1ccc2oc(C(=O)N[C@@H](Cc3ccc(-c4cccc(CO)c4)cc3)C(=O)O)cc2c1. The monoisotopic (exact) mass is 445 g/mol. The van der Waals surface area contributed by atoms with E-state index in [1.165, 1.54) is 0 Å². The number of rotatable bonds is 8. The first-order chi connectivity index (χ1) is 16.0. The normalized spacial score (nSPS) is 11.8. The number of carbonyl (C=O) groups excluding carboxylic acids is 1. The number of ether oxygens (including phenoxy) is 1. The van der Waals surface area contributed by atoms with Crippen molar-refractivity contribution in [3.63, 3.8) is 0 Å². The summed E-state index contributed by atoms with van der Waals surface area (Å²) in [5, 5.41) is 22.2. The number of fused-ring (bicyclic) bond motifs is 1. The highest BCUT2D eigenvalue weighted by Crippen LogP contribution is 2.25. The third-order valence-corrected chi connectivity index (χ3v) is 5.39. The average molecular weight is 445 g/mol. The van der Waals surface area contributed by atoms with E-state index in [0.717, 1.165) is 22.3 Å². The molecule has 4 aromatic rings. The van der Waals surface area contributed by atoms with Crippen LogP contribution in [0.15, 0.2) is 77.2 Å². The Bertz CT molecular complexity index is 1290. The fraction of sp³-hybridized carbons (Fsp3) is 0.154. The van der Waals surface area contributed by atoms with Gasteiger partial charge in [-0.2, -0.15) is 0 Å². The molecule has 4 rings (SSSR count). The molecule has 0 fully saturated rings. The van der Waals surface area contributed by atoms with Gasteiger partial charge in [0.1, 0.15) is 17.4 Å². The van der Waals surface area contributed by atoms with Crippen LogP contribution in [0.4, 0.5) is 0 Å². The topological polar surface area (TPSA) is 109 Å². The highest BCUT2D eigenvalue weighted by Gasteiger charge is 2.23. The predicted octanol–water partition coefficient (Wildman–Crippen LogP) is 4.03. The minimum Gasteiger partial charge on any atom is -0.497 e. The maximum Gasteiger partial charge on any atom is 0.326 e. The van der Waals surface area contributed by atoms with Gasteiger partial charge >= 0.3 is 5.97 Å². The van der Waals surface area contributed by atoms with E-state index in [9.17, 15) is 19.8 Å². The molecule has 0 aliphatic carbocycles. The average Bonchev–Trinajstić information content (AvgIpc) is 3.27. The van der Waals surface area contributed by atoms with Gasteiger partial charge in [-0.05, 0) is 52.6 Å². The number of aliphatic hydroxyl groups excluding tert-OH is 1. The van der Waals surface area contributed by atoms with Crippen LogP contribution >= 0.6 is 0 Å². The summed E-state index contributed by atoms with van der Waals surface area (Å²) in [5.41, 5.74) is 3.99. The number of methoxy groups -OCH3 is 1. The number of benzene rings is 3. The van der Waals surface area contributed by atoms with Crippen molar-refractivity contribution in [2.45, 2.75) is 19.1 Å². The molecule has 0 saturated heterocycles. The van der Waals surface area contributed by atoms with Gasteiger partial charge in [-0.25, -0.2) is 4.79 Å². The number of carboxylic acids is 1. The van der Waals surface area contributed by atoms with Gasteiger partial charge in [-0.1, -0.05) is 42.5 Å². The maximum absolute atomic E-state index is 12.7. The molecule has 7 nitrogen and oxygen atoms in total. The fourth-order valence-corrected chi connectivity index (χ4v) is 3.61. The Balaban J connectivity index is 1.47. The Kier molecular flexibility index (Phi) is 6.42. The van der Waals surface area contributed by atoms with Gasteiger partial charge in [0.25, 0.3) is 5.91 Å². The first-order valence-corrected chi connectivity index (χ1v) is 10.4. The summed E-state index contributed by atoms with van der Waals surface area (Å²) < 4.78 is 10.7. The summed E-state index contributed by atoms with van der Waals surface area (Å²) in [6, 6.07) is 20.6. The van der Waals surface area contributed by atoms with Crippen LogP contribution in [-0.2, 0) is 17.8 Å². The molecule has 1 heterocycles. The Labute approximate surface area is 190 Å². The maximum atomic E-state index is 12.7. The second-order valence-electron chi connectivity index (χ2n) is 7.64. The molecule has 1 aromatic heterocycles. The molecule has 1 atom stereocenters. The lowest BCUT2D eigenvalue weighted by atomic mass is 9.99. The third kappa shape index (κ3) is 5.05. The summed E-state index contributed by atoms with van der Waals surface area (Å²) in [6.45, 7) is -0.0370. The molecule has 0 bridgehead atoms. The van der Waals surface area contributed by atoms with Gasteiger partial charge in [0.15, 0.2) is 5.76 Å². The number of hydrogen-bond donors (Lipinski definition) is 3. The summed E-state index contributed by atoms with van der Waals surface area (Å²) in [4.78, 5) is 24.5. The number of aliphatic carboxylic acids is 1. The van der Waals surface area contributed by atoms with Crippen LogP contribution in [0.3, 0.4) is 0 Å². The van der Waals surface area contributed by atoms with Crippen LogP contribution in [0.25, 0.3) is 22.1 Å². The van der Waals surface area contributed by atoms with Crippen molar-refractivity contribution in [1.82, 2.24) is 5.32 Å². The molecular weight excluding hydrogens is 422 g/mol. The summed E-state index contributed by atoms with van der Waals surface area (Å²) in [7, 11) is 1.55. The molecule has 0 spiro atoms. The smallest absolute Gasteiger partial charge is 0.326 e. The number of amides is 1. The molecule has 168 valence electrons. The van der Waals surface area contributed by atoms with Crippen molar-refractivity contribution in [3.05, 3.63) is 89.7 Å². The van der Waals surface area contributed by atoms with Crippen molar-refractivity contribution in [2.75, 3.05) is 7.11 Å². The van der Waals surface area contributed by atoms with E-state index in [4.69, 9.17) is 9.15 Å². The van der Waals surface area contributed by atoms with Crippen molar-refractivity contribution >= 4 is 22.8 Å². The zero-order valence-electron chi connectivity index (χ0n) is 17.9. The Morgan fingerprint density at radius 1 is 0.970 bits per heavy atom. The van der Waals surface area contributed by atoms with Gasteiger partial charge < -0.3 is 24.7 Å². The van der Waals surface area contributed by atoms with E-state index in [1.807, 2.05) is 48.5 Å². The summed E-state index contributed by atoms with van der Waals surface area (Å²) >= 11 is 0. The lowest BCUT2D eigenvalue weighted by Gasteiger charge is -2.14. The van der Waals surface area contributed by atoms with Crippen molar-refractivity contribution in [2.24, 2.45) is 0 Å². The predicted molar refractivity (Wildman–Crippen MR) is 123 cm³/mol. The fourth-order valence-electron chi connectivity index (χ4n) is 3.61. The number of nitrogens with one attached hydrogen (secondary N) is 1. The number of carbonyl (C=O) groups is 2. The van der Waals surface area contributed by atoms with E-state index in [1.54, 1.807) is 31.4 Å². The molecule has 7 heteroatoms. The molecule has 3 N–H and O–H groups in total. The lowest BCUT2D eigenvalue weighted by Crippen LogP contribution is -2.42. The first kappa shape index (κ1) is 22.1. The summed E-state index contributed by atoms with van der Waals surface area (Å²) in [6.07, 6.45) is 0.117. The molecule has 33 heavy (non-hydrogen) atoms. The molecule has 3 aromatic carbocycles. The minimum atomic E-state index is -1.14. The largest absolute Gasteiger partial charge is 0.497 e. The second-order valence-corrected chi connectivity index (χ2v) is 7.64. The third-order valence-electron chi connectivity index (χ3n) is 5.39. The van der Waals surface area contributed by atoms with Crippen LogP contribution in [-0.4, -0.2) is 35.2 Å². The van der Waals surface area contributed by atoms with Crippen molar-refractivity contribution in [1.29, 1.82) is 0 Å². The zero-order chi connectivity index (χ0) is 23.4. The van der Waals surface area contributed by atoms with Crippen LogP contribution in [0.1, 0.15) is 21.7 Å². The van der Waals surface area contributed by atoms with Gasteiger partial charge in [-0.15, -0.1) is 0 Å². The van der Waals surface area contributed by atoms with Crippen LogP contribution in [0.2, 0.25) is 0 Å². The molecule has 1 amide bonds. The molecule has 0 radical (unpaired) electrons. The highest BCUT2D eigenvalue weighted by molar-refractivity contribution is 5.98. The first-order valence-electron chi connectivity index (χ1n) is 10.4. The molecule has 0 unspecified atom stereocenters. The van der Waals surface area contributed by atoms with Gasteiger partial charge in [-0.3, -0.25) is 4.79 Å². The molecule has 0 saturated carbocycles. The van der Waals surface area contributed by atoms with E-state index in [2.05, 4.69) is 5.32 Å². The van der Waals surface area contributed by atoms with Crippen LogP contribution < -0.4 is 10.1 Å². The highest BCUT2D eigenvalue weighted by atomic mass is 16.5. The van der Waals surface area contributed by atoms with E-state index >= 15 is 0 Å². The van der Waals surface area contributed by atoms with Gasteiger partial charge in [0, 0.05) is 11.8 Å². The quantitative estimate of drug-likeness (QED) is 0.378. The minimum absolute atomic E-state index is 0.0311. The Morgan fingerprint density at radius 2 is 1.76 bits per heavy atom.